The largest absolute Gasteiger partial charge is 0.479 e. The maximum absolute atomic E-state index is 10.6. The molecule has 0 fully saturated rings. The van der Waals surface area contributed by atoms with Crippen LogP contribution in [-0.2, 0) is 9.68 Å². The van der Waals surface area contributed by atoms with Crippen LogP contribution >= 0.6 is 0 Å². The average Bonchev–Trinajstić information content (AvgIpc) is 2.51. The highest BCUT2D eigenvalue weighted by Crippen LogP contribution is 2.11. The molecule has 0 spiro atoms. The summed E-state index contributed by atoms with van der Waals surface area (Å²) in [6.45, 7) is 2.24. The van der Waals surface area contributed by atoms with Crippen molar-refractivity contribution in [3.8, 4) is 0 Å². The van der Waals surface area contributed by atoms with Gasteiger partial charge in [0.1, 0.15) is 0 Å². The monoisotopic (exact) mass is 314 g/mol. The molecule has 0 aromatic rings. The Kier molecular flexibility index (Phi) is 15.8. The van der Waals surface area contributed by atoms with Gasteiger partial charge in [-0.1, -0.05) is 70.4 Å². The first kappa shape index (κ1) is 21.1. The number of hydrogen-bond donors (Lipinski definition) is 2. The number of hydrogen-bond acceptors (Lipinski definition) is 3. The molecule has 0 amide bonds. The van der Waals surface area contributed by atoms with Crippen molar-refractivity contribution in [3.63, 3.8) is 0 Å². The number of unbranched alkanes of at least 4 members (excludes halogenated alkanes) is 10. The first-order chi connectivity index (χ1) is 10.7. The van der Waals surface area contributed by atoms with E-state index in [1.807, 2.05) is 0 Å². The number of carbonyl (C=O) groups is 1. The Morgan fingerprint density at radius 2 is 1.41 bits per heavy atom. The van der Waals surface area contributed by atoms with Gasteiger partial charge in [-0.15, -0.1) is 0 Å². The molecular formula is C18H34O4. The smallest absolute Gasteiger partial charge is 0.336 e. The second-order valence-electron chi connectivity index (χ2n) is 5.95. The summed E-state index contributed by atoms with van der Waals surface area (Å²) >= 11 is 0. The highest BCUT2D eigenvalue weighted by Gasteiger charge is 2.16. The van der Waals surface area contributed by atoms with E-state index < -0.39 is 12.1 Å². The number of allylic oxidation sites excluding steroid dienone is 2. The van der Waals surface area contributed by atoms with E-state index in [0.29, 0.717) is 6.42 Å². The molecule has 0 aromatic carbocycles. The maximum atomic E-state index is 10.6. The van der Waals surface area contributed by atoms with Gasteiger partial charge in [0.15, 0.2) is 6.10 Å². The molecule has 0 aliphatic carbocycles. The normalized spacial score (nSPS) is 12.8. The molecule has 1 unspecified atom stereocenters. The van der Waals surface area contributed by atoms with Gasteiger partial charge in [0.25, 0.3) is 0 Å². The van der Waals surface area contributed by atoms with Crippen LogP contribution in [0.2, 0.25) is 0 Å². The minimum atomic E-state index is -1.10. The van der Waals surface area contributed by atoms with E-state index in [4.69, 9.17) is 10.4 Å². The van der Waals surface area contributed by atoms with E-state index in [2.05, 4.69) is 24.0 Å². The second kappa shape index (κ2) is 16.5. The zero-order valence-corrected chi connectivity index (χ0v) is 14.1. The van der Waals surface area contributed by atoms with Gasteiger partial charge in [-0.25, -0.2) is 9.68 Å². The van der Waals surface area contributed by atoms with Crippen LogP contribution in [0.1, 0.15) is 90.4 Å². The van der Waals surface area contributed by atoms with E-state index in [1.165, 1.54) is 44.9 Å². The van der Waals surface area contributed by atoms with Crippen molar-refractivity contribution in [3.05, 3.63) is 12.2 Å². The summed E-state index contributed by atoms with van der Waals surface area (Å²) in [6.07, 6.45) is 18.2. The van der Waals surface area contributed by atoms with E-state index >= 15 is 0 Å². The standard InChI is InChI=1S/C18H34O4/c1-2-3-4-5-6-7-8-9-10-11-12-13-14-15-16-17(22-21)18(19)20/h9-10,17,21H,2-8,11-16H2,1H3,(H,19,20)/b10-9+. The third kappa shape index (κ3) is 14.1. The van der Waals surface area contributed by atoms with Gasteiger partial charge in [-0.3, -0.25) is 5.26 Å². The lowest BCUT2D eigenvalue weighted by Crippen LogP contribution is -2.22. The van der Waals surface area contributed by atoms with Crippen LogP contribution in [0.25, 0.3) is 0 Å². The van der Waals surface area contributed by atoms with Crippen LogP contribution < -0.4 is 0 Å². The molecule has 0 aliphatic rings. The fourth-order valence-corrected chi connectivity index (χ4v) is 2.44. The molecule has 1 atom stereocenters. The molecule has 4 heteroatoms. The first-order valence-corrected chi connectivity index (χ1v) is 8.90. The molecule has 0 aromatic heterocycles. The fraction of sp³-hybridized carbons (Fsp3) is 0.833. The van der Waals surface area contributed by atoms with E-state index in [1.54, 1.807) is 0 Å². The van der Waals surface area contributed by atoms with Crippen LogP contribution in [0.3, 0.4) is 0 Å². The van der Waals surface area contributed by atoms with Gasteiger partial charge in [-0.2, -0.15) is 0 Å². The van der Waals surface area contributed by atoms with E-state index in [9.17, 15) is 4.79 Å². The summed E-state index contributed by atoms with van der Waals surface area (Å²) in [5.74, 6) is -1.10. The highest BCUT2D eigenvalue weighted by molar-refractivity contribution is 5.72. The molecular weight excluding hydrogens is 280 g/mol. The minimum absolute atomic E-state index is 0.375. The van der Waals surface area contributed by atoms with E-state index in [0.717, 1.165) is 32.1 Å². The van der Waals surface area contributed by atoms with Gasteiger partial charge in [0, 0.05) is 0 Å². The van der Waals surface area contributed by atoms with Gasteiger partial charge >= 0.3 is 5.97 Å². The summed E-state index contributed by atoms with van der Waals surface area (Å²) in [7, 11) is 0. The lowest BCUT2D eigenvalue weighted by atomic mass is 10.1. The van der Waals surface area contributed by atoms with Crippen molar-refractivity contribution in [2.75, 3.05) is 0 Å². The summed E-state index contributed by atoms with van der Waals surface area (Å²) < 4.78 is 0. The molecule has 0 saturated carbocycles. The van der Waals surface area contributed by atoms with Crippen LogP contribution in [0.4, 0.5) is 0 Å². The molecule has 22 heavy (non-hydrogen) atoms. The lowest BCUT2D eigenvalue weighted by Gasteiger charge is -2.07. The average molecular weight is 314 g/mol. The van der Waals surface area contributed by atoms with E-state index in [-0.39, 0.29) is 0 Å². The number of aliphatic carboxylic acids is 1. The predicted molar refractivity (Wildman–Crippen MR) is 90.0 cm³/mol. The Morgan fingerprint density at radius 1 is 0.909 bits per heavy atom. The quantitative estimate of drug-likeness (QED) is 0.169. The van der Waals surface area contributed by atoms with Crippen LogP contribution in [0.15, 0.2) is 12.2 Å². The number of carboxylic acid groups (broad SMARTS) is 1. The SMILES string of the molecule is CCCCCCCC/C=C/CCCCCCC(OO)C(=O)O. The molecule has 130 valence electrons. The van der Waals surface area contributed by atoms with Crippen molar-refractivity contribution >= 4 is 5.97 Å². The Labute approximate surface area is 135 Å². The van der Waals surface area contributed by atoms with Gasteiger partial charge in [0.2, 0.25) is 0 Å². The zero-order valence-electron chi connectivity index (χ0n) is 14.1. The summed E-state index contributed by atoms with van der Waals surface area (Å²) in [4.78, 5) is 14.5. The molecule has 0 aliphatic heterocycles. The second-order valence-corrected chi connectivity index (χ2v) is 5.95. The zero-order chi connectivity index (χ0) is 16.5. The number of carboxylic acids is 1. The van der Waals surface area contributed by atoms with Gasteiger partial charge in [0.05, 0.1) is 0 Å². The molecule has 4 nitrogen and oxygen atoms in total. The van der Waals surface area contributed by atoms with Crippen LogP contribution in [0.5, 0.6) is 0 Å². The Bertz CT molecular complexity index is 276. The summed E-state index contributed by atoms with van der Waals surface area (Å²) in [6, 6.07) is 0. The molecule has 0 heterocycles. The van der Waals surface area contributed by atoms with Gasteiger partial charge in [-0.05, 0) is 32.1 Å². The molecule has 0 radical (unpaired) electrons. The minimum Gasteiger partial charge on any atom is -0.479 e. The Morgan fingerprint density at radius 3 is 1.91 bits per heavy atom. The van der Waals surface area contributed by atoms with Crippen molar-refractivity contribution in [2.24, 2.45) is 0 Å². The van der Waals surface area contributed by atoms with Crippen molar-refractivity contribution in [2.45, 2.75) is 96.5 Å². The maximum Gasteiger partial charge on any atom is 0.336 e. The topological polar surface area (TPSA) is 66.8 Å². The van der Waals surface area contributed by atoms with Crippen molar-refractivity contribution in [1.29, 1.82) is 0 Å². The Balaban J connectivity index is 3.25. The van der Waals surface area contributed by atoms with Crippen LogP contribution in [-0.4, -0.2) is 22.4 Å². The summed E-state index contributed by atoms with van der Waals surface area (Å²) in [5, 5.41) is 17.1. The fourth-order valence-electron chi connectivity index (χ4n) is 2.44. The Hall–Kier alpha value is -0.870. The third-order valence-corrected chi connectivity index (χ3v) is 3.88. The molecule has 0 saturated heterocycles. The highest BCUT2D eigenvalue weighted by atomic mass is 17.1. The lowest BCUT2D eigenvalue weighted by molar-refractivity contribution is -0.277. The predicted octanol–water partition coefficient (Wildman–Crippen LogP) is 5.58. The first-order valence-electron chi connectivity index (χ1n) is 8.90. The molecule has 0 bridgehead atoms. The van der Waals surface area contributed by atoms with Crippen molar-refractivity contribution in [1.82, 2.24) is 0 Å². The number of rotatable bonds is 16. The van der Waals surface area contributed by atoms with Crippen molar-refractivity contribution < 1.29 is 20.0 Å². The molecule has 0 rings (SSSR count). The molecule has 2 N–H and O–H groups in total. The van der Waals surface area contributed by atoms with Crippen LogP contribution in [0, 0.1) is 0 Å². The third-order valence-electron chi connectivity index (χ3n) is 3.88. The summed E-state index contributed by atoms with van der Waals surface area (Å²) in [5.41, 5.74) is 0. The van der Waals surface area contributed by atoms with Gasteiger partial charge < -0.3 is 5.11 Å².